The predicted octanol–water partition coefficient (Wildman–Crippen LogP) is 5.50. The van der Waals surface area contributed by atoms with Crippen molar-refractivity contribution in [2.24, 2.45) is 11.8 Å². The maximum Gasteiger partial charge on any atom is 0.156 e. The Balaban J connectivity index is 1.37. The maximum atomic E-state index is 15.2. The molecule has 1 unspecified atom stereocenters. The van der Waals surface area contributed by atoms with Crippen molar-refractivity contribution in [3.8, 4) is 17.2 Å². The van der Waals surface area contributed by atoms with Gasteiger partial charge in [-0.15, -0.1) is 0 Å². The first-order chi connectivity index (χ1) is 16.6. The van der Waals surface area contributed by atoms with Crippen LogP contribution in [-0.4, -0.2) is 40.5 Å². The molecule has 4 fully saturated rings. The van der Waals surface area contributed by atoms with Crippen molar-refractivity contribution in [2.75, 3.05) is 24.5 Å². The molecule has 174 valence electrons. The second kappa shape index (κ2) is 8.23. The van der Waals surface area contributed by atoms with E-state index in [0.717, 1.165) is 44.0 Å². The van der Waals surface area contributed by atoms with E-state index in [9.17, 15) is 5.26 Å². The van der Waals surface area contributed by atoms with Gasteiger partial charge in [0.15, 0.2) is 5.82 Å². The van der Waals surface area contributed by atoms with Crippen molar-refractivity contribution < 1.29 is 4.39 Å². The lowest BCUT2D eigenvalue weighted by molar-refractivity contribution is 0.196. The number of halogens is 1. The van der Waals surface area contributed by atoms with Gasteiger partial charge in [-0.2, -0.15) is 5.26 Å². The molecule has 3 heterocycles. The second-order valence-corrected chi connectivity index (χ2v) is 10.3. The number of aromatic nitrogens is 2. The third-order valence-corrected chi connectivity index (χ3v) is 7.82. The first-order valence-corrected chi connectivity index (χ1v) is 12.5. The molecule has 6 rings (SSSR count). The Morgan fingerprint density at radius 1 is 1.15 bits per heavy atom. The van der Waals surface area contributed by atoms with Gasteiger partial charge in [-0.3, -0.25) is 4.98 Å². The molecule has 0 amide bonds. The largest absolute Gasteiger partial charge is 0.368 e. The number of nitriles is 1. The van der Waals surface area contributed by atoms with Crippen LogP contribution < -0.4 is 4.90 Å². The van der Waals surface area contributed by atoms with Crippen LogP contribution in [0.15, 0.2) is 37.2 Å². The molecule has 1 atom stereocenters. The fourth-order valence-electron chi connectivity index (χ4n) is 5.43. The molecule has 3 aliphatic carbocycles. The Morgan fingerprint density at radius 2 is 1.94 bits per heavy atom. The zero-order chi connectivity index (χ0) is 23.4. The highest BCUT2D eigenvalue weighted by Crippen LogP contribution is 2.47. The van der Waals surface area contributed by atoms with Gasteiger partial charge in [0.1, 0.15) is 11.9 Å². The Kier molecular flexibility index (Phi) is 5.17. The van der Waals surface area contributed by atoms with E-state index < -0.39 is 5.82 Å². The summed E-state index contributed by atoms with van der Waals surface area (Å²) >= 11 is 0. The van der Waals surface area contributed by atoms with Crippen LogP contribution >= 0.6 is 0 Å². The molecule has 34 heavy (non-hydrogen) atoms. The van der Waals surface area contributed by atoms with Crippen LogP contribution in [0.4, 0.5) is 10.2 Å². The van der Waals surface area contributed by atoms with Crippen LogP contribution in [0.5, 0.6) is 0 Å². The van der Waals surface area contributed by atoms with Gasteiger partial charge in [-0.1, -0.05) is 13.2 Å². The van der Waals surface area contributed by atoms with E-state index in [1.54, 1.807) is 12.3 Å². The number of rotatable bonds is 7. The molecule has 0 aromatic carbocycles. The van der Waals surface area contributed by atoms with Crippen LogP contribution in [0.3, 0.4) is 0 Å². The Hall–Kier alpha value is -3.20. The molecule has 0 spiro atoms. The van der Waals surface area contributed by atoms with Gasteiger partial charge in [0.25, 0.3) is 0 Å². The summed E-state index contributed by atoms with van der Waals surface area (Å²) in [5.74, 6) is 2.04. The molecule has 0 radical (unpaired) electrons. The van der Waals surface area contributed by atoms with Crippen LogP contribution in [0, 0.1) is 29.0 Å². The SMILES string of the molecule is C=Cc1nccc(-c2cc(C#N)c(N3CCN(C(=C)C4CC4)C(C4CC4)C3)nc2C2CC2)c1F. The Labute approximate surface area is 200 Å². The van der Waals surface area contributed by atoms with Crippen molar-refractivity contribution >= 4 is 11.9 Å². The number of allylic oxidation sites excluding steroid dienone is 1. The normalized spacial score (nSPS) is 22.4. The van der Waals surface area contributed by atoms with Crippen molar-refractivity contribution in [1.82, 2.24) is 14.9 Å². The third-order valence-electron chi connectivity index (χ3n) is 7.82. The summed E-state index contributed by atoms with van der Waals surface area (Å²) in [5.41, 5.74) is 4.11. The van der Waals surface area contributed by atoms with Crippen molar-refractivity contribution in [1.29, 1.82) is 5.26 Å². The van der Waals surface area contributed by atoms with Crippen molar-refractivity contribution in [2.45, 2.75) is 50.5 Å². The zero-order valence-electron chi connectivity index (χ0n) is 19.5. The van der Waals surface area contributed by atoms with Crippen LogP contribution in [0.25, 0.3) is 17.2 Å². The molecular weight excluding hydrogens is 425 g/mol. The van der Waals surface area contributed by atoms with Gasteiger partial charge in [0, 0.05) is 54.6 Å². The molecule has 2 aromatic rings. The molecule has 2 aromatic heterocycles. The molecule has 1 saturated heterocycles. The van der Waals surface area contributed by atoms with E-state index in [4.69, 9.17) is 4.98 Å². The smallest absolute Gasteiger partial charge is 0.156 e. The minimum absolute atomic E-state index is 0.223. The average Bonchev–Trinajstić information content (AvgIpc) is 3.73. The molecule has 3 saturated carbocycles. The highest BCUT2D eigenvalue weighted by Gasteiger charge is 2.42. The Morgan fingerprint density at radius 3 is 2.59 bits per heavy atom. The number of hydrogen-bond donors (Lipinski definition) is 0. The highest BCUT2D eigenvalue weighted by molar-refractivity contribution is 5.74. The second-order valence-electron chi connectivity index (χ2n) is 10.3. The van der Waals surface area contributed by atoms with Gasteiger partial charge in [0.2, 0.25) is 0 Å². The first-order valence-electron chi connectivity index (χ1n) is 12.5. The molecule has 1 aliphatic heterocycles. The summed E-state index contributed by atoms with van der Waals surface area (Å²) in [6, 6.07) is 6.33. The van der Waals surface area contributed by atoms with Crippen molar-refractivity contribution in [3.63, 3.8) is 0 Å². The van der Waals surface area contributed by atoms with Gasteiger partial charge in [-0.25, -0.2) is 9.37 Å². The van der Waals surface area contributed by atoms with E-state index >= 15 is 4.39 Å². The summed E-state index contributed by atoms with van der Waals surface area (Å²) in [4.78, 5) is 14.0. The molecule has 4 aliphatic rings. The summed E-state index contributed by atoms with van der Waals surface area (Å²) in [6.07, 6.45) is 10.2. The predicted molar refractivity (Wildman–Crippen MR) is 132 cm³/mol. The van der Waals surface area contributed by atoms with Crippen molar-refractivity contribution in [3.05, 3.63) is 60.0 Å². The van der Waals surface area contributed by atoms with Crippen LogP contribution in [-0.2, 0) is 0 Å². The maximum absolute atomic E-state index is 15.2. The number of hydrogen-bond acceptors (Lipinski definition) is 5. The summed E-state index contributed by atoms with van der Waals surface area (Å²) in [5, 5.41) is 10.1. The molecule has 5 nitrogen and oxygen atoms in total. The van der Waals surface area contributed by atoms with Gasteiger partial charge in [0.05, 0.1) is 17.0 Å². The summed E-state index contributed by atoms with van der Waals surface area (Å²) in [6.45, 7) is 10.7. The summed E-state index contributed by atoms with van der Waals surface area (Å²) in [7, 11) is 0. The third kappa shape index (κ3) is 3.77. The lowest BCUT2D eigenvalue weighted by atomic mass is 9.98. The lowest BCUT2D eigenvalue weighted by Gasteiger charge is -2.45. The zero-order valence-corrected chi connectivity index (χ0v) is 19.5. The minimum Gasteiger partial charge on any atom is -0.368 e. The highest BCUT2D eigenvalue weighted by atomic mass is 19.1. The van der Waals surface area contributed by atoms with Gasteiger partial charge < -0.3 is 9.80 Å². The fraction of sp³-hybridized carbons (Fsp3) is 0.464. The van der Waals surface area contributed by atoms with Crippen LogP contribution in [0.2, 0.25) is 0 Å². The lowest BCUT2D eigenvalue weighted by Crippen LogP contribution is -2.54. The van der Waals surface area contributed by atoms with E-state index in [-0.39, 0.29) is 5.69 Å². The quantitative estimate of drug-likeness (QED) is 0.552. The summed E-state index contributed by atoms with van der Waals surface area (Å²) < 4.78 is 15.2. The van der Waals surface area contributed by atoms with E-state index in [1.807, 2.05) is 6.07 Å². The first kappa shape index (κ1) is 21.3. The number of anilines is 1. The monoisotopic (exact) mass is 455 g/mol. The number of pyridine rings is 2. The van der Waals surface area contributed by atoms with Gasteiger partial charge in [-0.05, 0) is 68.6 Å². The Bertz CT molecular complexity index is 1200. The van der Waals surface area contributed by atoms with E-state index in [1.165, 1.54) is 37.5 Å². The molecule has 0 N–H and O–H groups in total. The van der Waals surface area contributed by atoms with Gasteiger partial charge >= 0.3 is 0 Å². The van der Waals surface area contributed by atoms with E-state index in [2.05, 4.69) is 34.0 Å². The molecule has 0 bridgehead atoms. The van der Waals surface area contributed by atoms with E-state index in [0.29, 0.717) is 40.5 Å². The topological polar surface area (TPSA) is 56.1 Å². The average molecular weight is 456 g/mol. The minimum atomic E-state index is -0.404. The number of nitrogens with zero attached hydrogens (tertiary/aromatic N) is 5. The fourth-order valence-corrected chi connectivity index (χ4v) is 5.43. The molecular formula is C28H30FN5. The standard InChI is InChI=1S/C28H30FN5/c1-3-24-26(29)22(10-11-31-24)23-14-21(15-30)28(32-27(23)20-8-9-20)33-12-13-34(17(2)18-4-5-18)25(16-33)19-6-7-19/h3,10-11,14,18-20,25H,1-2,4-9,12-13,16H2. The number of piperazine rings is 1. The van der Waals surface area contributed by atoms with Crippen LogP contribution in [0.1, 0.15) is 61.4 Å². The molecule has 6 heteroatoms.